The molecule has 0 spiro atoms. The fraction of sp³-hybridized carbons (Fsp3) is 0.400. The van der Waals surface area contributed by atoms with E-state index in [1.54, 1.807) is 12.1 Å². The summed E-state index contributed by atoms with van der Waals surface area (Å²) < 4.78 is 12.5. The number of nitrogens with zero attached hydrogens (tertiary/aromatic N) is 1. The largest absolute Gasteiger partial charge is 0.490 e. The molecular weight excluding hydrogens is 428 g/mol. The summed E-state index contributed by atoms with van der Waals surface area (Å²) in [7, 11) is 0. The predicted octanol–water partition coefficient (Wildman–Crippen LogP) is 4.20. The number of rotatable bonds is 11. The first kappa shape index (κ1) is 22.1. The second kappa shape index (κ2) is 11.0. The number of hydrogen-bond donors (Lipinski definition) is 2. The average molecular weight is 453 g/mol. The maximum absolute atomic E-state index is 10.7. The third-order valence-corrected chi connectivity index (χ3v) is 4.99. The smallest absolute Gasteiger partial charge is 0.269 e. The Bertz CT molecular complexity index is 779. The Hall–Kier alpha value is -2.16. The molecular formula is C20H25BrN2O5. The molecule has 0 saturated heterocycles. The van der Waals surface area contributed by atoms with Gasteiger partial charge >= 0.3 is 0 Å². The number of nitro groups is 1. The molecule has 0 heterocycles. The summed E-state index contributed by atoms with van der Waals surface area (Å²) in [4.78, 5) is 10.3. The molecule has 0 fully saturated rings. The number of ether oxygens (including phenoxy) is 2. The SMILES string of the molecule is CCOc1cc(CNC(CC)CO)c(Br)cc1OCc1ccc([N+](=O)[O-])cc1. The fourth-order valence-electron chi connectivity index (χ4n) is 2.56. The van der Waals surface area contributed by atoms with Gasteiger partial charge in [-0.2, -0.15) is 0 Å². The summed E-state index contributed by atoms with van der Waals surface area (Å²) >= 11 is 3.57. The van der Waals surface area contributed by atoms with E-state index in [1.165, 1.54) is 12.1 Å². The summed E-state index contributed by atoms with van der Waals surface area (Å²) in [5, 5.41) is 23.4. The van der Waals surface area contributed by atoms with E-state index < -0.39 is 4.92 Å². The monoisotopic (exact) mass is 452 g/mol. The van der Waals surface area contributed by atoms with Crippen LogP contribution in [0.5, 0.6) is 11.5 Å². The second-order valence-corrected chi connectivity index (χ2v) is 7.06. The molecule has 2 N–H and O–H groups in total. The summed E-state index contributed by atoms with van der Waals surface area (Å²) in [5.74, 6) is 1.21. The van der Waals surface area contributed by atoms with Gasteiger partial charge in [0.05, 0.1) is 18.1 Å². The number of hydrogen-bond acceptors (Lipinski definition) is 6. The van der Waals surface area contributed by atoms with Crippen LogP contribution in [-0.4, -0.2) is 29.3 Å². The van der Waals surface area contributed by atoms with Gasteiger partial charge in [0, 0.05) is 29.2 Å². The number of halogens is 1. The molecule has 0 aromatic heterocycles. The lowest BCUT2D eigenvalue weighted by Crippen LogP contribution is -2.31. The first-order valence-corrected chi connectivity index (χ1v) is 9.93. The molecule has 0 aliphatic carbocycles. The molecule has 0 amide bonds. The number of aliphatic hydroxyl groups excluding tert-OH is 1. The fourth-order valence-corrected chi connectivity index (χ4v) is 3.02. The van der Waals surface area contributed by atoms with Gasteiger partial charge in [-0.15, -0.1) is 0 Å². The normalized spacial score (nSPS) is 11.9. The molecule has 2 aromatic rings. The van der Waals surface area contributed by atoms with Crippen LogP contribution in [0.2, 0.25) is 0 Å². The van der Waals surface area contributed by atoms with Crippen LogP contribution in [-0.2, 0) is 13.2 Å². The predicted molar refractivity (Wildman–Crippen MR) is 111 cm³/mol. The molecule has 0 radical (unpaired) electrons. The lowest BCUT2D eigenvalue weighted by Gasteiger charge is -2.18. The summed E-state index contributed by atoms with van der Waals surface area (Å²) in [6, 6.07) is 10.1. The van der Waals surface area contributed by atoms with Gasteiger partial charge in [-0.25, -0.2) is 0 Å². The van der Waals surface area contributed by atoms with Gasteiger partial charge in [0.2, 0.25) is 0 Å². The van der Waals surface area contributed by atoms with Crippen molar-refractivity contribution >= 4 is 21.6 Å². The molecule has 2 aromatic carbocycles. The van der Waals surface area contributed by atoms with E-state index in [0.717, 1.165) is 22.0 Å². The number of nitro benzene ring substituents is 1. The molecule has 2 rings (SSSR count). The number of benzene rings is 2. The van der Waals surface area contributed by atoms with Crippen molar-refractivity contribution in [1.82, 2.24) is 5.32 Å². The molecule has 7 nitrogen and oxygen atoms in total. The molecule has 1 atom stereocenters. The molecule has 28 heavy (non-hydrogen) atoms. The van der Waals surface area contributed by atoms with Crippen molar-refractivity contribution in [3.63, 3.8) is 0 Å². The third kappa shape index (κ3) is 6.19. The molecule has 0 bridgehead atoms. The Morgan fingerprint density at radius 1 is 1.18 bits per heavy atom. The number of aliphatic hydroxyl groups is 1. The van der Waals surface area contributed by atoms with Crippen LogP contribution < -0.4 is 14.8 Å². The van der Waals surface area contributed by atoms with Crippen LogP contribution in [0, 0.1) is 10.1 Å². The van der Waals surface area contributed by atoms with Crippen LogP contribution in [0.3, 0.4) is 0 Å². The zero-order chi connectivity index (χ0) is 20.5. The third-order valence-electron chi connectivity index (χ3n) is 4.25. The van der Waals surface area contributed by atoms with Crippen molar-refractivity contribution in [3.8, 4) is 11.5 Å². The van der Waals surface area contributed by atoms with Crippen LogP contribution >= 0.6 is 15.9 Å². The highest BCUT2D eigenvalue weighted by Crippen LogP contribution is 2.34. The van der Waals surface area contributed by atoms with Gasteiger partial charge in [-0.05, 0) is 48.7 Å². The Morgan fingerprint density at radius 3 is 2.43 bits per heavy atom. The van der Waals surface area contributed by atoms with Gasteiger partial charge in [-0.3, -0.25) is 10.1 Å². The Balaban J connectivity index is 2.12. The molecule has 152 valence electrons. The molecule has 0 aliphatic rings. The summed E-state index contributed by atoms with van der Waals surface area (Å²) in [6.45, 7) is 5.36. The first-order chi connectivity index (χ1) is 13.5. The van der Waals surface area contributed by atoms with Crippen LogP contribution in [0.1, 0.15) is 31.4 Å². The maximum atomic E-state index is 10.7. The van der Waals surface area contributed by atoms with Crippen molar-refractivity contribution in [3.05, 3.63) is 62.1 Å². The van der Waals surface area contributed by atoms with Crippen LogP contribution in [0.4, 0.5) is 5.69 Å². The van der Waals surface area contributed by atoms with E-state index >= 15 is 0 Å². The lowest BCUT2D eigenvalue weighted by atomic mass is 10.1. The second-order valence-electron chi connectivity index (χ2n) is 6.20. The standard InChI is InChI=1S/C20H25BrN2O5/c1-3-16(12-24)22-11-15-9-19(27-4-2)20(10-18(15)21)28-13-14-5-7-17(8-6-14)23(25)26/h5-10,16,22,24H,3-4,11-13H2,1-2H3. The Labute approximate surface area is 172 Å². The van der Waals surface area contributed by atoms with Gasteiger partial charge in [0.25, 0.3) is 5.69 Å². The van der Waals surface area contributed by atoms with Crippen molar-refractivity contribution in [2.45, 2.75) is 39.5 Å². The van der Waals surface area contributed by atoms with E-state index in [-0.39, 0.29) is 24.9 Å². The van der Waals surface area contributed by atoms with E-state index in [1.807, 2.05) is 26.0 Å². The lowest BCUT2D eigenvalue weighted by molar-refractivity contribution is -0.384. The molecule has 1 unspecified atom stereocenters. The van der Waals surface area contributed by atoms with Gasteiger partial charge in [0.15, 0.2) is 11.5 Å². The summed E-state index contributed by atoms with van der Waals surface area (Å²) in [5.41, 5.74) is 1.87. The van der Waals surface area contributed by atoms with Gasteiger partial charge in [0.1, 0.15) is 6.61 Å². The van der Waals surface area contributed by atoms with Crippen molar-refractivity contribution in [2.24, 2.45) is 0 Å². The zero-order valence-corrected chi connectivity index (χ0v) is 17.6. The quantitative estimate of drug-likeness (QED) is 0.391. The number of non-ortho nitro benzene ring substituents is 1. The highest BCUT2D eigenvalue weighted by atomic mass is 79.9. The highest BCUT2D eigenvalue weighted by molar-refractivity contribution is 9.10. The Morgan fingerprint density at radius 2 is 1.86 bits per heavy atom. The minimum Gasteiger partial charge on any atom is -0.490 e. The van der Waals surface area contributed by atoms with Gasteiger partial charge in [-0.1, -0.05) is 22.9 Å². The first-order valence-electron chi connectivity index (χ1n) is 9.14. The van der Waals surface area contributed by atoms with E-state index in [9.17, 15) is 15.2 Å². The van der Waals surface area contributed by atoms with E-state index in [4.69, 9.17) is 9.47 Å². The topological polar surface area (TPSA) is 93.9 Å². The van der Waals surface area contributed by atoms with Crippen LogP contribution in [0.25, 0.3) is 0 Å². The molecule has 0 saturated carbocycles. The van der Waals surface area contributed by atoms with Crippen molar-refractivity contribution < 1.29 is 19.5 Å². The van der Waals surface area contributed by atoms with Crippen molar-refractivity contribution in [2.75, 3.05) is 13.2 Å². The minimum atomic E-state index is -0.429. The van der Waals surface area contributed by atoms with Crippen LogP contribution in [0.15, 0.2) is 40.9 Å². The number of nitrogens with one attached hydrogen (secondary N) is 1. The summed E-state index contributed by atoms with van der Waals surface area (Å²) in [6.07, 6.45) is 0.836. The maximum Gasteiger partial charge on any atom is 0.269 e. The van der Waals surface area contributed by atoms with Gasteiger partial charge < -0.3 is 19.9 Å². The Kier molecular flexibility index (Phi) is 8.69. The van der Waals surface area contributed by atoms with Crippen molar-refractivity contribution in [1.29, 1.82) is 0 Å². The average Bonchev–Trinajstić information content (AvgIpc) is 2.70. The molecule has 8 heteroatoms. The highest BCUT2D eigenvalue weighted by Gasteiger charge is 2.13. The zero-order valence-electron chi connectivity index (χ0n) is 16.0. The minimum absolute atomic E-state index is 0.0421. The van der Waals surface area contributed by atoms with E-state index in [2.05, 4.69) is 21.2 Å². The molecule has 0 aliphatic heterocycles. The van der Waals surface area contributed by atoms with E-state index in [0.29, 0.717) is 24.7 Å².